The third kappa shape index (κ3) is 1.08. The van der Waals surface area contributed by atoms with E-state index in [1.807, 2.05) is 4.90 Å². The van der Waals surface area contributed by atoms with Crippen molar-refractivity contribution in [2.45, 2.75) is 20.3 Å². The first kappa shape index (κ1) is 8.25. The molecule has 4 rings (SSSR count). The Morgan fingerprint density at radius 1 is 1.08 bits per heavy atom. The summed E-state index contributed by atoms with van der Waals surface area (Å²) < 4.78 is 1.35. The summed E-state index contributed by atoms with van der Waals surface area (Å²) in [5, 5.41) is 0. The molecular formula is C11H22N2+2. The van der Waals surface area contributed by atoms with Gasteiger partial charge in [0.15, 0.2) is 0 Å². The molecule has 4 heterocycles. The van der Waals surface area contributed by atoms with Gasteiger partial charge in [0.1, 0.15) is 0 Å². The molecule has 0 aromatic carbocycles. The number of hydrogen-bond donors (Lipinski definition) is 1. The van der Waals surface area contributed by atoms with E-state index in [9.17, 15) is 0 Å². The lowest BCUT2D eigenvalue weighted by Gasteiger charge is -2.62. The van der Waals surface area contributed by atoms with E-state index in [-0.39, 0.29) is 0 Å². The van der Waals surface area contributed by atoms with Crippen molar-refractivity contribution >= 4 is 0 Å². The van der Waals surface area contributed by atoms with Crippen LogP contribution < -0.4 is 4.90 Å². The zero-order chi connectivity index (χ0) is 9.32. The molecule has 0 saturated carbocycles. The highest BCUT2D eigenvalue weighted by Crippen LogP contribution is 2.45. The molecule has 4 aliphatic rings. The fourth-order valence-corrected chi connectivity index (χ4v) is 5.31. The molecule has 2 heteroatoms. The third-order valence-corrected chi connectivity index (χ3v) is 4.34. The lowest BCUT2D eigenvalue weighted by molar-refractivity contribution is -1.14. The molecule has 2 unspecified atom stereocenters. The van der Waals surface area contributed by atoms with Crippen LogP contribution in [0.5, 0.6) is 0 Å². The first-order chi connectivity index (χ1) is 5.91. The van der Waals surface area contributed by atoms with Gasteiger partial charge in [0.2, 0.25) is 6.67 Å². The van der Waals surface area contributed by atoms with Crippen LogP contribution in [0.15, 0.2) is 0 Å². The fraction of sp³-hybridized carbons (Fsp3) is 1.00. The largest absolute Gasteiger partial charge is 0.287 e. The van der Waals surface area contributed by atoms with Crippen molar-refractivity contribution < 1.29 is 9.38 Å². The van der Waals surface area contributed by atoms with Crippen molar-refractivity contribution in [3.8, 4) is 0 Å². The zero-order valence-corrected chi connectivity index (χ0v) is 9.19. The third-order valence-electron chi connectivity index (χ3n) is 4.34. The SMILES string of the molecule is C[C@]12C[NH+]3C[C@](C)(C1)C[N+](C)(C3)C2. The van der Waals surface area contributed by atoms with Gasteiger partial charge < -0.3 is 0 Å². The molecule has 0 radical (unpaired) electrons. The van der Waals surface area contributed by atoms with Gasteiger partial charge in [0.25, 0.3) is 0 Å². The van der Waals surface area contributed by atoms with Crippen LogP contribution in [0.2, 0.25) is 0 Å². The second-order valence-corrected chi connectivity index (χ2v) is 7.00. The Morgan fingerprint density at radius 2 is 1.62 bits per heavy atom. The van der Waals surface area contributed by atoms with E-state index in [0.29, 0.717) is 10.8 Å². The average molecular weight is 182 g/mol. The number of hydrogen-bond acceptors (Lipinski definition) is 0. The number of rotatable bonds is 0. The molecule has 0 aliphatic carbocycles. The number of piperidine rings is 2. The maximum absolute atomic E-state index is 2.51. The van der Waals surface area contributed by atoms with E-state index < -0.39 is 0 Å². The molecule has 13 heavy (non-hydrogen) atoms. The smallest absolute Gasteiger partial charge is 0.205 e. The Morgan fingerprint density at radius 3 is 2.00 bits per heavy atom. The number of nitrogens with zero attached hydrogens (tertiary/aromatic N) is 1. The minimum atomic E-state index is 0.660. The van der Waals surface area contributed by atoms with Gasteiger partial charge in [-0.2, -0.15) is 0 Å². The highest BCUT2D eigenvalue weighted by molar-refractivity contribution is 4.93. The van der Waals surface area contributed by atoms with Gasteiger partial charge in [-0.15, -0.1) is 0 Å². The lowest BCUT2D eigenvalue weighted by atomic mass is 9.63. The van der Waals surface area contributed by atoms with Crippen molar-refractivity contribution in [3.05, 3.63) is 0 Å². The molecule has 4 bridgehead atoms. The minimum absolute atomic E-state index is 0.660. The standard InChI is InChI=1S/C11H21N2/c1-10-4-11(2)6-12(5-10)9-13(3,7-10)8-11/h4-9H2,1-3H3/q+1/p+1/t10-,11+,13?. The van der Waals surface area contributed by atoms with Gasteiger partial charge in [0.05, 0.1) is 44.1 Å². The van der Waals surface area contributed by atoms with E-state index in [2.05, 4.69) is 20.9 Å². The first-order valence-corrected chi connectivity index (χ1v) is 5.58. The molecule has 0 spiro atoms. The maximum atomic E-state index is 2.51. The van der Waals surface area contributed by atoms with Gasteiger partial charge >= 0.3 is 0 Å². The quantitative estimate of drug-likeness (QED) is 0.492. The second kappa shape index (κ2) is 1.96. The molecule has 1 N–H and O–H groups in total. The Bertz CT molecular complexity index is 210. The Balaban J connectivity index is 2.03. The van der Waals surface area contributed by atoms with E-state index in [4.69, 9.17) is 0 Å². The summed E-state index contributed by atoms with van der Waals surface area (Å²) in [7, 11) is 2.47. The van der Waals surface area contributed by atoms with Crippen LogP contribution in [0.1, 0.15) is 20.3 Å². The first-order valence-electron chi connectivity index (χ1n) is 5.58. The second-order valence-electron chi connectivity index (χ2n) is 7.00. The molecule has 4 saturated heterocycles. The molecule has 0 amide bonds. The molecule has 0 aromatic heterocycles. The summed E-state index contributed by atoms with van der Waals surface area (Å²) in [6, 6.07) is 0. The van der Waals surface area contributed by atoms with Crippen molar-refractivity contribution in [2.75, 3.05) is 39.9 Å². The monoisotopic (exact) mass is 182 g/mol. The van der Waals surface area contributed by atoms with E-state index in [1.165, 1.54) is 43.8 Å². The summed E-state index contributed by atoms with van der Waals surface area (Å²) in [5.41, 5.74) is 1.32. The van der Waals surface area contributed by atoms with Gasteiger partial charge in [-0.3, -0.25) is 9.38 Å². The van der Waals surface area contributed by atoms with Crippen LogP contribution in [0.25, 0.3) is 0 Å². The lowest BCUT2D eigenvalue weighted by Crippen LogP contribution is -3.22. The van der Waals surface area contributed by atoms with Crippen LogP contribution in [-0.2, 0) is 0 Å². The average Bonchev–Trinajstić information content (AvgIpc) is 1.71. The topological polar surface area (TPSA) is 4.44 Å². The predicted octanol–water partition coefficient (Wildman–Crippen LogP) is -0.281. The zero-order valence-electron chi connectivity index (χ0n) is 9.19. The van der Waals surface area contributed by atoms with Crippen LogP contribution in [0, 0.1) is 10.8 Å². The van der Waals surface area contributed by atoms with Crippen LogP contribution in [0.4, 0.5) is 0 Å². The molecule has 0 aromatic rings. The summed E-state index contributed by atoms with van der Waals surface area (Å²) in [5.74, 6) is 0. The Kier molecular flexibility index (Phi) is 1.24. The highest BCUT2D eigenvalue weighted by Gasteiger charge is 2.62. The van der Waals surface area contributed by atoms with Crippen molar-refractivity contribution in [1.29, 1.82) is 0 Å². The van der Waals surface area contributed by atoms with E-state index >= 15 is 0 Å². The molecule has 4 fully saturated rings. The minimum Gasteiger partial charge on any atom is -0.287 e. The fourth-order valence-electron chi connectivity index (χ4n) is 5.31. The predicted molar refractivity (Wildman–Crippen MR) is 52.3 cm³/mol. The Hall–Kier alpha value is -0.0800. The van der Waals surface area contributed by atoms with Gasteiger partial charge in [-0.05, 0) is 20.3 Å². The molecular weight excluding hydrogens is 160 g/mol. The van der Waals surface area contributed by atoms with Crippen molar-refractivity contribution in [2.24, 2.45) is 10.8 Å². The number of quaternary nitrogens is 2. The summed E-state index contributed by atoms with van der Waals surface area (Å²) in [4.78, 5) is 1.87. The van der Waals surface area contributed by atoms with Crippen LogP contribution in [-0.4, -0.2) is 44.4 Å². The normalized spacial score (nSPS) is 64.4. The van der Waals surface area contributed by atoms with Crippen LogP contribution >= 0.6 is 0 Å². The summed E-state index contributed by atoms with van der Waals surface area (Å²) in [6.45, 7) is 12.2. The summed E-state index contributed by atoms with van der Waals surface area (Å²) in [6.07, 6.45) is 1.48. The maximum Gasteiger partial charge on any atom is 0.205 e. The Labute approximate surface area is 81.1 Å². The molecule has 2 nitrogen and oxygen atoms in total. The van der Waals surface area contributed by atoms with Crippen LogP contribution in [0.3, 0.4) is 0 Å². The van der Waals surface area contributed by atoms with Gasteiger partial charge in [0, 0.05) is 0 Å². The molecule has 74 valence electrons. The van der Waals surface area contributed by atoms with Crippen molar-refractivity contribution in [1.82, 2.24) is 0 Å². The highest BCUT2D eigenvalue weighted by atomic mass is 15.5. The van der Waals surface area contributed by atoms with Gasteiger partial charge in [-0.25, -0.2) is 0 Å². The number of nitrogens with one attached hydrogen (secondary N) is 1. The molecule has 4 aliphatic heterocycles. The van der Waals surface area contributed by atoms with Gasteiger partial charge in [-0.1, -0.05) is 0 Å². The summed E-state index contributed by atoms with van der Waals surface area (Å²) >= 11 is 0. The van der Waals surface area contributed by atoms with Crippen molar-refractivity contribution in [3.63, 3.8) is 0 Å². The van der Waals surface area contributed by atoms with E-state index in [1.54, 1.807) is 0 Å². The molecule has 4 atom stereocenters. The van der Waals surface area contributed by atoms with E-state index in [0.717, 1.165) is 0 Å².